The summed E-state index contributed by atoms with van der Waals surface area (Å²) in [7, 11) is 0. The number of esters is 1. The van der Waals surface area contributed by atoms with Gasteiger partial charge in [-0.05, 0) is 63.5 Å². The number of pyridine rings is 1. The van der Waals surface area contributed by atoms with Crippen molar-refractivity contribution in [2.24, 2.45) is 17.8 Å². The van der Waals surface area contributed by atoms with Crippen LogP contribution in [0.25, 0.3) is 0 Å². The Labute approximate surface area is 168 Å². The predicted molar refractivity (Wildman–Crippen MR) is 108 cm³/mol. The normalized spacial score (nSPS) is 22.6. The number of ether oxygens (including phenoxy) is 2. The molecule has 0 unspecified atom stereocenters. The quantitative estimate of drug-likeness (QED) is 0.736. The molecule has 1 aromatic heterocycles. The summed E-state index contributed by atoms with van der Waals surface area (Å²) in [5, 5.41) is 2.65. The van der Waals surface area contributed by atoms with Crippen molar-refractivity contribution < 1.29 is 19.1 Å². The molecule has 156 valence electrons. The molecule has 6 nitrogen and oxygen atoms in total. The minimum Gasteiger partial charge on any atom is -0.458 e. The number of nitrogens with zero attached hydrogens (tertiary/aromatic N) is 1. The highest BCUT2D eigenvalue weighted by atomic mass is 16.6. The molecule has 1 aliphatic rings. The third-order valence-corrected chi connectivity index (χ3v) is 5.09. The van der Waals surface area contributed by atoms with Gasteiger partial charge < -0.3 is 14.8 Å². The van der Waals surface area contributed by atoms with Crippen LogP contribution in [0.15, 0.2) is 18.3 Å². The molecule has 1 heterocycles. The Morgan fingerprint density at radius 2 is 1.96 bits per heavy atom. The van der Waals surface area contributed by atoms with Gasteiger partial charge in [-0.15, -0.1) is 0 Å². The highest BCUT2D eigenvalue weighted by Gasteiger charge is 2.33. The first-order valence-electron chi connectivity index (χ1n) is 10.2. The molecule has 2 rings (SSSR count). The Morgan fingerprint density at radius 3 is 2.54 bits per heavy atom. The summed E-state index contributed by atoms with van der Waals surface area (Å²) in [6.45, 7) is 12.3. The Hall–Kier alpha value is -2.11. The molecule has 0 aromatic carbocycles. The first kappa shape index (κ1) is 22.2. The lowest BCUT2D eigenvalue weighted by atomic mass is 9.75. The van der Waals surface area contributed by atoms with E-state index in [1.807, 2.05) is 20.8 Å². The van der Waals surface area contributed by atoms with Crippen LogP contribution in [0.5, 0.6) is 0 Å². The molecule has 1 fully saturated rings. The third-order valence-electron chi connectivity index (χ3n) is 5.09. The van der Waals surface area contributed by atoms with E-state index in [-0.39, 0.29) is 18.6 Å². The molecular formula is C22H34N2O4. The number of nitrogens with one attached hydrogen (secondary N) is 1. The highest BCUT2D eigenvalue weighted by Crippen LogP contribution is 2.35. The molecule has 1 aromatic rings. The van der Waals surface area contributed by atoms with E-state index in [0.717, 1.165) is 12.8 Å². The van der Waals surface area contributed by atoms with Crippen molar-refractivity contribution in [2.75, 3.05) is 0 Å². The van der Waals surface area contributed by atoms with Crippen molar-refractivity contribution in [3.05, 3.63) is 29.6 Å². The van der Waals surface area contributed by atoms with E-state index in [0.29, 0.717) is 29.0 Å². The van der Waals surface area contributed by atoms with Crippen molar-refractivity contribution in [2.45, 2.75) is 79.1 Å². The Morgan fingerprint density at radius 1 is 1.25 bits per heavy atom. The smallest absolute Gasteiger partial charge is 0.407 e. The first-order valence-corrected chi connectivity index (χ1v) is 10.2. The Kier molecular flexibility index (Phi) is 7.44. The van der Waals surface area contributed by atoms with Gasteiger partial charge in [0.15, 0.2) is 0 Å². The fourth-order valence-electron chi connectivity index (χ4n) is 3.58. The lowest BCUT2D eigenvalue weighted by Gasteiger charge is -2.36. The number of carbonyl (C=O) groups is 2. The van der Waals surface area contributed by atoms with E-state index >= 15 is 0 Å². The standard InChI is InChI=1S/C22H34N2O4/c1-14(2)18-10-7-15(3)11-19(18)27-20(25)16-8-9-17(23-12-16)13-24-21(26)28-22(4,5)6/h8-9,12,14-15,18-19H,7,10-11,13H2,1-6H3,(H,24,26)/t15-,18+,19+/m1/s1. The van der Waals surface area contributed by atoms with Crippen LogP contribution in [0.1, 0.15) is 76.9 Å². The predicted octanol–water partition coefficient (Wildman–Crippen LogP) is 4.72. The fourth-order valence-corrected chi connectivity index (χ4v) is 3.58. The van der Waals surface area contributed by atoms with E-state index in [4.69, 9.17) is 9.47 Å². The lowest BCUT2D eigenvalue weighted by Crippen LogP contribution is -2.35. The van der Waals surface area contributed by atoms with Crippen LogP contribution in [-0.2, 0) is 16.0 Å². The van der Waals surface area contributed by atoms with Crippen LogP contribution in [0.4, 0.5) is 4.79 Å². The van der Waals surface area contributed by atoms with E-state index < -0.39 is 11.7 Å². The number of amides is 1. The van der Waals surface area contributed by atoms with Crippen LogP contribution in [0, 0.1) is 17.8 Å². The Bertz CT molecular complexity index is 664. The maximum Gasteiger partial charge on any atom is 0.407 e. The minimum atomic E-state index is -0.546. The molecule has 0 radical (unpaired) electrons. The minimum absolute atomic E-state index is 0.0373. The average Bonchev–Trinajstić information content (AvgIpc) is 2.58. The van der Waals surface area contributed by atoms with Crippen LogP contribution in [-0.4, -0.2) is 28.8 Å². The SMILES string of the molecule is CC(C)[C@@H]1CC[C@@H](C)C[C@@H]1OC(=O)c1ccc(CNC(=O)OC(C)(C)C)nc1. The van der Waals surface area contributed by atoms with Gasteiger partial charge in [-0.3, -0.25) is 4.98 Å². The fraction of sp³-hybridized carbons (Fsp3) is 0.682. The van der Waals surface area contributed by atoms with Gasteiger partial charge in [0.25, 0.3) is 0 Å². The maximum atomic E-state index is 12.6. The van der Waals surface area contributed by atoms with Gasteiger partial charge in [0, 0.05) is 6.20 Å². The molecule has 1 saturated carbocycles. The molecule has 6 heteroatoms. The van der Waals surface area contributed by atoms with Crippen molar-refractivity contribution in [1.29, 1.82) is 0 Å². The van der Waals surface area contributed by atoms with Crippen molar-refractivity contribution in [1.82, 2.24) is 10.3 Å². The number of hydrogen-bond acceptors (Lipinski definition) is 5. The molecule has 1 amide bonds. The van der Waals surface area contributed by atoms with Crippen LogP contribution < -0.4 is 5.32 Å². The van der Waals surface area contributed by atoms with Crippen LogP contribution in [0.3, 0.4) is 0 Å². The van der Waals surface area contributed by atoms with Crippen molar-refractivity contribution >= 4 is 12.1 Å². The molecule has 0 aliphatic heterocycles. The molecular weight excluding hydrogens is 356 g/mol. The molecule has 3 atom stereocenters. The number of rotatable bonds is 5. The van der Waals surface area contributed by atoms with Crippen molar-refractivity contribution in [3.8, 4) is 0 Å². The number of alkyl carbamates (subject to hydrolysis) is 1. The summed E-state index contributed by atoms with van der Waals surface area (Å²) in [6.07, 6.45) is 4.18. The molecule has 0 saturated heterocycles. The second-order valence-corrected chi connectivity index (χ2v) is 9.16. The van der Waals surface area contributed by atoms with Crippen LogP contribution in [0.2, 0.25) is 0 Å². The second-order valence-electron chi connectivity index (χ2n) is 9.16. The zero-order valence-corrected chi connectivity index (χ0v) is 18.0. The van der Waals surface area contributed by atoms with Gasteiger partial charge in [-0.1, -0.05) is 27.2 Å². The molecule has 28 heavy (non-hydrogen) atoms. The van der Waals surface area contributed by atoms with Gasteiger partial charge in [0.1, 0.15) is 11.7 Å². The highest BCUT2D eigenvalue weighted by molar-refractivity contribution is 5.89. The topological polar surface area (TPSA) is 77.5 Å². The van der Waals surface area contributed by atoms with Gasteiger partial charge >= 0.3 is 12.1 Å². The maximum absolute atomic E-state index is 12.6. The summed E-state index contributed by atoms with van der Waals surface area (Å²) >= 11 is 0. The molecule has 1 aliphatic carbocycles. The van der Waals surface area contributed by atoms with Gasteiger partial charge in [-0.25, -0.2) is 9.59 Å². The van der Waals surface area contributed by atoms with Gasteiger partial charge in [0.2, 0.25) is 0 Å². The first-order chi connectivity index (χ1) is 13.0. The van der Waals surface area contributed by atoms with E-state index in [2.05, 4.69) is 31.1 Å². The zero-order chi connectivity index (χ0) is 20.9. The van der Waals surface area contributed by atoms with Gasteiger partial charge in [-0.2, -0.15) is 0 Å². The average molecular weight is 391 g/mol. The van der Waals surface area contributed by atoms with E-state index in [1.165, 1.54) is 12.6 Å². The third kappa shape index (κ3) is 6.80. The molecule has 0 spiro atoms. The summed E-state index contributed by atoms with van der Waals surface area (Å²) in [4.78, 5) is 28.5. The second kappa shape index (κ2) is 9.39. The number of aromatic nitrogens is 1. The number of hydrogen-bond donors (Lipinski definition) is 1. The lowest BCUT2D eigenvalue weighted by molar-refractivity contribution is -0.0174. The van der Waals surface area contributed by atoms with Gasteiger partial charge in [0.05, 0.1) is 17.8 Å². The summed E-state index contributed by atoms with van der Waals surface area (Å²) in [6, 6.07) is 3.41. The summed E-state index contributed by atoms with van der Waals surface area (Å²) < 4.78 is 11.0. The monoisotopic (exact) mass is 390 g/mol. The van der Waals surface area contributed by atoms with E-state index in [1.54, 1.807) is 12.1 Å². The molecule has 0 bridgehead atoms. The number of carbonyl (C=O) groups excluding carboxylic acids is 2. The van der Waals surface area contributed by atoms with Crippen molar-refractivity contribution in [3.63, 3.8) is 0 Å². The Balaban J connectivity index is 1.91. The zero-order valence-electron chi connectivity index (χ0n) is 18.0. The van der Waals surface area contributed by atoms with Crippen LogP contribution >= 0.6 is 0 Å². The largest absolute Gasteiger partial charge is 0.458 e. The summed E-state index contributed by atoms with van der Waals surface area (Å²) in [5.74, 6) is 1.14. The van der Waals surface area contributed by atoms with E-state index in [9.17, 15) is 9.59 Å². The summed E-state index contributed by atoms with van der Waals surface area (Å²) in [5.41, 5.74) is 0.533. The molecule has 1 N–H and O–H groups in total.